The maximum absolute atomic E-state index is 12.4. The number of nitrogens with zero attached hydrogens (tertiary/aromatic N) is 2. The van der Waals surface area contributed by atoms with Crippen molar-refractivity contribution in [2.75, 3.05) is 13.1 Å². The number of sulfonamides is 1. The van der Waals surface area contributed by atoms with Crippen molar-refractivity contribution in [2.45, 2.75) is 23.5 Å². The van der Waals surface area contributed by atoms with E-state index in [9.17, 15) is 21.6 Å². The summed E-state index contributed by atoms with van der Waals surface area (Å²) in [7, 11) is -3.69. The Morgan fingerprint density at radius 2 is 1.96 bits per heavy atom. The number of nitrogens with one attached hydrogen (secondary N) is 2. The van der Waals surface area contributed by atoms with Crippen molar-refractivity contribution in [1.82, 2.24) is 20.2 Å². The topological polar surface area (TPSA) is 97.1 Å². The van der Waals surface area contributed by atoms with Crippen molar-refractivity contribution in [2.24, 2.45) is 0 Å². The predicted molar refractivity (Wildman–Crippen MR) is 76.3 cm³/mol. The molecule has 0 bridgehead atoms. The van der Waals surface area contributed by atoms with E-state index in [2.05, 4.69) is 24.7 Å². The average Bonchev–Trinajstić information content (AvgIpc) is 3.17. The molecular weight excluding hydrogens is 349 g/mol. The number of hydrogen-bond donors (Lipinski definition) is 2. The molecule has 0 saturated carbocycles. The fourth-order valence-corrected chi connectivity index (χ4v) is 3.55. The van der Waals surface area contributed by atoms with Gasteiger partial charge in [-0.2, -0.15) is 18.2 Å². The predicted octanol–water partition coefficient (Wildman–Crippen LogP) is 1.40. The summed E-state index contributed by atoms with van der Waals surface area (Å²) < 4.78 is 68.5. The van der Waals surface area contributed by atoms with Crippen LogP contribution in [-0.2, 0) is 16.2 Å². The van der Waals surface area contributed by atoms with Crippen molar-refractivity contribution >= 4 is 10.0 Å². The second-order valence-electron chi connectivity index (χ2n) is 5.26. The third-order valence-corrected chi connectivity index (χ3v) is 5.01. The van der Waals surface area contributed by atoms with Crippen LogP contribution >= 0.6 is 0 Å². The van der Waals surface area contributed by atoms with Gasteiger partial charge < -0.3 is 9.84 Å². The standard InChI is InChI=1S/C13H13F3N4O3S/c14-13(15,16)12-18-11(19-23-12)8-1-3-10(4-2-8)24(21,22)20-9-5-6-17-7-9/h1-4,9,17,20H,5-7H2. The van der Waals surface area contributed by atoms with Crippen LogP contribution < -0.4 is 10.0 Å². The average molecular weight is 362 g/mol. The normalized spacial score (nSPS) is 18.9. The molecule has 0 spiro atoms. The molecular formula is C13H13F3N4O3S. The first kappa shape index (κ1) is 16.9. The molecule has 1 atom stereocenters. The van der Waals surface area contributed by atoms with E-state index in [-0.39, 0.29) is 22.3 Å². The molecule has 1 aromatic carbocycles. The first-order valence-electron chi connectivity index (χ1n) is 7.00. The zero-order valence-corrected chi connectivity index (χ0v) is 13.0. The van der Waals surface area contributed by atoms with Gasteiger partial charge in [-0.3, -0.25) is 0 Å². The number of hydrogen-bond acceptors (Lipinski definition) is 6. The Morgan fingerprint density at radius 1 is 1.25 bits per heavy atom. The lowest BCUT2D eigenvalue weighted by Gasteiger charge is -2.12. The summed E-state index contributed by atoms with van der Waals surface area (Å²) in [6.07, 6.45) is -4.03. The molecule has 2 heterocycles. The van der Waals surface area contributed by atoms with Gasteiger partial charge in [0.15, 0.2) is 0 Å². The van der Waals surface area contributed by atoms with Crippen molar-refractivity contribution in [3.8, 4) is 11.4 Å². The first-order valence-corrected chi connectivity index (χ1v) is 8.48. The molecule has 1 fully saturated rings. The molecule has 0 radical (unpaired) electrons. The second-order valence-corrected chi connectivity index (χ2v) is 6.97. The van der Waals surface area contributed by atoms with Gasteiger partial charge in [-0.1, -0.05) is 5.16 Å². The lowest BCUT2D eigenvalue weighted by Crippen LogP contribution is -2.36. The van der Waals surface area contributed by atoms with Crippen LogP contribution in [0.4, 0.5) is 13.2 Å². The number of alkyl halides is 3. The van der Waals surface area contributed by atoms with E-state index in [1.165, 1.54) is 24.3 Å². The zero-order chi connectivity index (χ0) is 17.4. The minimum Gasteiger partial charge on any atom is -0.329 e. The Bertz CT molecular complexity index is 812. The van der Waals surface area contributed by atoms with Crippen LogP contribution in [0.5, 0.6) is 0 Å². The van der Waals surface area contributed by atoms with Crippen LogP contribution in [0.3, 0.4) is 0 Å². The van der Waals surface area contributed by atoms with Gasteiger partial charge in [0.1, 0.15) is 0 Å². The highest BCUT2D eigenvalue weighted by molar-refractivity contribution is 7.89. The molecule has 24 heavy (non-hydrogen) atoms. The largest absolute Gasteiger partial charge is 0.471 e. The van der Waals surface area contributed by atoms with Gasteiger partial charge in [0.2, 0.25) is 15.8 Å². The summed E-state index contributed by atoms with van der Waals surface area (Å²) in [6.45, 7) is 1.30. The van der Waals surface area contributed by atoms with Gasteiger partial charge in [0.25, 0.3) is 0 Å². The molecule has 1 aliphatic rings. The van der Waals surface area contributed by atoms with E-state index >= 15 is 0 Å². The molecule has 0 amide bonds. The van der Waals surface area contributed by atoms with Crippen molar-refractivity contribution in [3.05, 3.63) is 30.2 Å². The summed E-state index contributed by atoms with van der Waals surface area (Å²) in [4.78, 5) is 3.26. The molecule has 1 aromatic heterocycles. The fraction of sp³-hybridized carbons (Fsp3) is 0.385. The molecule has 1 aliphatic heterocycles. The van der Waals surface area contributed by atoms with Gasteiger partial charge in [-0.05, 0) is 37.2 Å². The van der Waals surface area contributed by atoms with Gasteiger partial charge in [0.05, 0.1) is 4.90 Å². The van der Waals surface area contributed by atoms with Gasteiger partial charge in [0, 0.05) is 18.2 Å². The molecule has 11 heteroatoms. The number of halogens is 3. The van der Waals surface area contributed by atoms with E-state index < -0.39 is 22.1 Å². The molecule has 1 unspecified atom stereocenters. The van der Waals surface area contributed by atoms with E-state index in [4.69, 9.17) is 0 Å². The quantitative estimate of drug-likeness (QED) is 0.853. The Balaban J connectivity index is 1.79. The molecule has 2 N–H and O–H groups in total. The molecule has 1 saturated heterocycles. The Labute approximate surface area is 135 Å². The van der Waals surface area contributed by atoms with Gasteiger partial charge >= 0.3 is 12.1 Å². The lowest BCUT2D eigenvalue weighted by atomic mass is 10.2. The molecule has 130 valence electrons. The third-order valence-electron chi connectivity index (χ3n) is 3.47. The second kappa shape index (κ2) is 6.15. The number of rotatable bonds is 4. The van der Waals surface area contributed by atoms with Gasteiger partial charge in [-0.15, -0.1) is 0 Å². The van der Waals surface area contributed by atoms with Crippen LogP contribution in [0.15, 0.2) is 33.7 Å². The first-order chi connectivity index (χ1) is 11.3. The summed E-state index contributed by atoms with van der Waals surface area (Å²) in [5.41, 5.74) is 0.218. The van der Waals surface area contributed by atoms with E-state index in [1.54, 1.807) is 0 Å². The highest BCUT2D eigenvalue weighted by Crippen LogP contribution is 2.29. The van der Waals surface area contributed by atoms with Gasteiger partial charge in [-0.25, -0.2) is 13.1 Å². The summed E-state index contributed by atoms with van der Waals surface area (Å²) in [5, 5.41) is 6.29. The molecule has 7 nitrogen and oxygen atoms in total. The van der Waals surface area contributed by atoms with Crippen molar-refractivity contribution in [1.29, 1.82) is 0 Å². The Kier molecular flexibility index (Phi) is 4.32. The van der Waals surface area contributed by atoms with Crippen LogP contribution in [-0.4, -0.2) is 37.7 Å². The minimum absolute atomic E-state index is 0.0117. The van der Waals surface area contributed by atoms with Crippen LogP contribution in [0, 0.1) is 0 Å². The third kappa shape index (κ3) is 3.57. The van der Waals surface area contributed by atoms with E-state index in [0.717, 1.165) is 6.54 Å². The molecule has 3 rings (SSSR count). The Hall–Kier alpha value is -1.98. The summed E-state index contributed by atoms with van der Waals surface area (Å²) in [5.74, 6) is -1.72. The summed E-state index contributed by atoms with van der Waals surface area (Å²) >= 11 is 0. The summed E-state index contributed by atoms with van der Waals surface area (Å²) in [6, 6.07) is 5.04. The maximum atomic E-state index is 12.4. The zero-order valence-electron chi connectivity index (χ0n) is 12.2. The maximum Gasteiger partial charge on any atom is 0.471 e. The lowest BCUT2D eigenvalue weighted by molar-refractivity contribution is -0.159. The van der Waals surface area contributed by atoms with E-state index in [0.29, 0.717) is 13.0 Å². The van der Waals surface area contributed by atoms with Crippen LogP contribution in [0.25, 0.3) is 11.4 Å². The smallest absolute Gasteiger partial charge is 0.329 e. The molecule has 2 aromatic rings. The van der Waals surface area contributed by atoms with Crippen LogP contribution in [0.1, 0.15) is 12.3 Å². The number of benzene rings is 1. The monoisotopic (exact) mass is 362 g/mol. The van der Waals surface area contributed by atoms with Crippen LogP contribution in [0.2, 0.25) is 0 Å². The highest BCUT2D eigenvalue weighted by Gasteiger charge is 2.38. The minimum atomic E-state index is -4.73. The number of aromatic nitrogens is 2. The fourth-order valence-electron chi connectivity index (χ4n) is 2.28. The van der Waals surface area contributed by atoms with E-state index in [1.807, 2.05) is 0 Å². The van der Waals surface area contributed by atoms with Crippen molar-refractivity contribution in [3.63, 3.8) is 0 Å². The SMILES string of the molecule is O=S(=O)(NC1CCNC1)c1ccc(-c2noc(C(F)(F)F)n2)cc1. The highest BCUT2D eigenvalue weighted by atomic mass is 32.2. The Morgan fingerprint density at radius 3 is 2.50 bits per heavy atom. The van der Waals surface area contributed by atoms with Crippen molar-refractivity contribution < 1.29 is 26.1 Å². The molecule has 0 aliphatic carbocycles.